The predicted octanol–water partition coefficient (Wildman–Crippen LogP) is 1.87. The molecule has 0 heterocycles. The number of ketones is 1. The second-order valence-corrected chi connectivity index (χ2v) is 4.10. The lowest BCUT2D eigenvalue weighted by Gasteiger charge is -2.17. The maximum atomic E-state index is 13.5. The van der Waals surface area contributed by atoms with Gasteiger partial charge in [-0.2, -0.15) is 0 Å². The van der Waals surface area contributed by atoms with Gasteiger partial charge in [0.1, 0.15) is 6.61 Å². The lowest BCUT2D eigenvalue weighted by molar-refractivity contribution is -0.132. The van der Waals surface area contributed by atoms with Crippen molar-refractivity contribution in [2.45, 2.75) is 38.8 Å². The molecular weight excluding hydrogens is 210 g/mol. The molecule has 0 radical (unpaired) electrons. The van der Waals surface area contributed by atoms with Crippen LogP contribution in [0.15, 0.2) is 0 Å². The van der Waals surface area contributed by atoms with Gasteiger partial charge in [-0.15, -0.1) is 0 Å². The van der Waals surface area contributed by atoms with Crippen LogP contribution in [0.2, 0.25) is 0 Å². The fraction of sp³-hybridized carbons (Fsp3) is 0.875. The maximum Gasteiger partial charge on any atom is 0.317 e. The van der Waals surface area contributed by atoms with Gasteiger partial charge in [0.15, 0.2) is 11.5 Å². The Kier molecular flexibility index (Phi) is 6.16. The summed E-state index contributed by atoms with van der Waals surface area (Å²) < 4.78 is 27.8. The van der Waals surface area contributed by atoms with Crippen LogP contribution in [0.25, 0.3) is 0 Å². The number of carbonyl (C=O) groups is 1. The Morgan fingerprint density at radius 2 is 2.21 bits per heavy atom. The molecule has 0 aromatic rings. The summed E-state index contributed by atoms with van der Waals surface area (Å²) >= 11 is 0. The molecule has 0 bridgehead atoms. The molecule has 0 saturated carbocycles. The smallest absolute Gasteiger partial charge is 0.317 e. The number of hydrogen-bond donors (Lipinski definition) is 1. The first-order valence-electron chi connectivity index (χ1n) is 4.48. The molecule has 0 amide bonds. The van der Waals surface area contributed by atoms with E-state index >= 15 is 0 Å². The van der Waals surface area contributed by atoms with Crippen LogP contribution in [0.3, 0.4) is 0 Å². The highest BCUT2D eigenvalue weighted by Gasteiger charge is 2.31. The van der Waals surface area contributed by atoms with Crippen molar-refractivity contribution in [3.63, 3.8) is 0 Å². The molecule has 0 aliphatic rings. The SMILES string of the molecule is CCCCC(C)(F)C(=O)CO[PH](=O)O. The van der Waals surface area contributed by atoms with Crippen molar-refractivity contribution in [3.05, 3.63) is 0 Å². The Labute approximate surface area is 83.4 Å². The summed E-state index contributed by atoms with van der Waals surface area (Å²) in [6.07, 6.45) is 1.52. The van der Waals surface area contributed by atoms with Crippen molar-refractivity contribution in [3.8, 4) is 0 Å². The normalized spacial score (nSPS) is 17.4. The second kappa shape index (κ2) is 6.27. The van der Waals surface area contributed by atoms with Crippen molar-refractivity contribution in [2.24, 2.45) is 0 Å². The van der Waals surface area contributed by atoms with Crippen molar-refractivity contribution in [2.75, 3.05) is 6.61 Å². The summed E-state index contributed by atoms with van der Waals surface area (Å²) in [5.41, 5.74) is -1.95. The average molecular weight is 226 g/mol. The number of carbonyl (C=O) groups excluding carboxylic acids is 1. The van der Waals surface area contributed by atoms with Gasteiger partial charge in [0, 0.05) is 0 Å². The first-order valence-corrected chi connectivity index (χ1v) is 5.74. The topological polar surface area (TPSA) is 63.6 Å². The van der Waals surface area contributed by atoms with E-state index in [2.05, 4.69) is 4.52 Å². The lowest BCUT2D eigenvalue weighted by atomic mass is 9.97. The van der Waals surface area contributed by atoms with Gasteiger partial charge in [-0.25, -0.2) is 4.39 Å². The minimum atomic E-state index is -3.15. The summed E-state index contributed by atoms with van der Waals surface area (Å²) in [5.74, 6) is -0.779. The monoisotopic (exact) mass is 226 g/mol. The van der Waals surface area contributed by atoms with E-state index in [1.807, 2.05) is 6.92 Å². The fourth-order valence-electron chi connectivity index (χ4n) is 0.926. The van der Waals surface area contributed by atoms with E-state index in [9.17, 15) is 13.8 Å². The molecule has 0 aliphatic carbocycles. The first kappa shape index (κ1) is 13.8. The molecule has 0 fully saturated rings. The number of hydrogen-bond acceptors (Lipinski definition) is 3. The summed E-state index contributed by atoms with van der Waals surface area (Å²) in [7, 11) is -3.15. The molecule has 2 unspecified atom stereocenters. The molecule has 0 aromatic carbocycles. The van der Waals surface area contributed by atoms with Gasteiger partial charge in [0.2, 0.25) is 0 Å². The van der Waals surface area contributed by atoms with E-state index in [1.54, 1.807) is 0 Å². The average Bonchev–Trinajstić information content (AvgIpc) is 2.10. The molecular formula is C8H16FO4P. The Hall–Kier alpha value is -0.250. The molecule has 0 aromatic heterocycles. The number of rotatable bonds is 7. The van der Waals surface area contributed by atoms with Crippen molar-refractivity contribution in [1.82, 2.24) is 0 Å². The highest BCUT2D eigenvalue weighted by atomic mass is 31.1. The standard InChI is InChI=1S/C8H16FO4P/c1-3-4-5-8(2,9)7(10)6-13-14(11)12/h14H,3-6H2,1-2H3,(H,11,12). The van der Waals surface area contributed by atoms with Crippen LogP contribution < -0.4 is 0 Å². The molecule has 0 saturated heterocycles. The van der Waals surface area contributed by atoms with Gasteiger partial charge in [0.25, 0.3) is 0 Å². The molecule has 1 N–H and O–H groups in total. The third kappa shape index (κ3) is 5.47. The van der Waals surface area contributed by atoms with Crippen LogP contribution in [0.1, 0.15) is 33.1 Å². The summed E-state index contributed by atoms with van der Waals surface area (Å²) in [5, 5.41) is 0. The van der Waals surface area contributed by atoms with E-state index in [4.69, 9.17) is 4.89 Å². The van der Waals surface area contributed by atoms with E-state index in [-0.39, 0.29) is 6.42 Å². The number of unbranched alkanes of at least 4 members (excludes halogenated alkanes) is 1. The maximum absolute atomic E-state index is 13.5. The molecule has 0 aliphatic heterocycles. The lowest BCUT2D eigenvalue weighted by Crippen LogP contribution is -2.32. The Morgan fingerprint density at radius 3 is 2.64 bits per heavy atom. The van der Waals surface area contributed by atoms with Crippen LogP contribution in [-0.4, -0.2) is 23.0 Å². The molecule has 84 valence electrons. The summed E-state index contributed by atoms with van der Waals surface area (Å²) in [4.78, 5) is 19.4. The van der Waals surface area contributed by atoms with Gasteiger partial charge in [-0.1, -0.05) is 19.8 Å². The zero-order chi connectivity index (χ0) is 11.2. The van der Waals surface area contributed by atoms with Crippen LogP contribution in [-0.2, 0) is 13.9 Å². The minimum Gasteiger partial charge on any atom is -0.326 e. The molecule has 6 heteroatoms. The number of alkyl halides is 1. The molecule has 4 nitrogen and oxygen atoms in total. The highest BCUT2D eigenvalue weighted by Crippen LogP contribution is 2.22. The van der Waals surface area contributed by atoms with Crippen molar-refractivity contribution >= 4 is 14.0 Å². The van der Waals surface area contributed by atoms with Crippen molar-refractivity contribution in [1.29, 1.82) is 0 Å². The van der Waals surface area contributed by atoms with E-state index in [0.29, 0.717) is 6.42 Å². The van der Waals surface area contributed by atoms with E-state index in [0.717, 1.165) is 6.42 Å². The van der Waals surface area contributed by atoms with E-state index < -0.39 is 26.3 Å². The number of halogens is 1. The summed E-state index contributed by atoms with van der Waals surface area (Å²) in [6, 6.07) is 0. The van der Waals surface area contributed by atoms with Crippen LogP contribution in [0, 0.1) is 0 Å². The quantitative estimate of drug-likeness (QED) is 0.673. The second-order valence-electron chi connectivity index (χ2n) is 3.28. The van der Waals surface area contributed by atoms with Gasteiger partial charge >= 0.3 is 8.25 Å². The van der Waals surface area contributed by atoms with Crippen LogP contribution in [0.5, 0.6) is 0 Å². The molecule has 2 atom stereocenters. The largest absolute Gasteiger partial charge is 0.326 e. The van der Waals surface area contributed by atoms with Crippen LogP contribution >= 0.6 is 8.25 Å². The zero-order valence-corrected chi connectivity index (χ0v) is 9.38. The molecule has 0 rings (SSSR count). The zero-order valence-electron chi connectivity index (χ0n) is 8.38. The van der Waals surface area contributed by atoms with Gasteiger partial charge in [0.05, 0.1) is 0 Å². The van der Waals surface area contributed by atoms with Crippen LogP contribution in [0.4, 0.5) is 4.39 Å². The molecule has 0 spiro atoms. The van der Waals surface area contributed by atoms with E-state index in [1.165, 1.54) is 6.92 Å². The Balaban J connectivity index is 4.00. The Bertz CT molecular complexity index is 217. The minimum absolute atomic E-state index is 0.123. The number of Topliss-reactive ketones (excluding diaryl/α,β-unsaturated/α-hetero) is 1. The molecule has 14 heavy (non-hydrogen) atoms. The van der Waals surface area contributed by atoms with Gasteiger partial charge in [-0.3, -0.25) is 9.36 Å². The first-order chi connectivity index (χ1) is 6.40. The summed E-state index contributed by atoms with van der Waals surface area (Å²) in [6.45, 7) is 2.43. The third-order valence-corrected chi connectivity index (χ3v) is 2.30. The predicted molar refractivity (Wildman–Crippen MR) is 51.2 cm³/mol. The highest BCUT2D eigenvalue weighted by molar-refractivity contribution is 7.32. The fourth-order valence-corrected chi connectivity index (χ4v) is 1.18. The van der Waals surface area contributed by atoms with Gasteiger partial charge < -0.3 is 9.42 Å². The Morgan fingerprint density at radius 1 is 1.64 bits per heavy atom. The van der Waals surface area contributed by atoms with Gasteiger partial charge in [-0.05, 0) is 13.3 Å². The van der Waals surface area contributed by atoms with Crippen molar-refractivity contribution < 1.29 is 23.2 Å². The third-order valence-electron chi connectivity index (χ3n) is 1.91.